The summed E-state index contributed by atoms with van der Waals surface area (Å²) < 4.78 is 46.4. The lowest BCUT2D eigenvalue weighted by atomic mass is 9.93. The van der Waals surface area contributed by atoms with Gasteiger partial charge in [0.2, 0.25) is 0 Å². The normalized spacial score (nSPS) is 11.5. The number of unbranched alkanes of at least 4 members (excludes halogenated alkanes) is 6. The lowest BCUT2D eigenvalue weighted by molar-refractivity contribution is 0.627. The molecule has 0 aromatic heterocycles. The lowest BCUT2D eigenvalue weighted by Crippen LogP contribution is -2.12. The zero-order valence-corrected chi connectivity index (χ0v) is 40.7. The van der Waals surface area contributed by atoms with Gasteiger partial charge in [-0.3, -0.25) is 0 Å². The van der Waals surface area contributed by atoms with Crippen LogP contribution in [0.2, 0.25) is 0 Å². The van der Waals surface area contributed by atoms with E-state index in [4.69, 9.17) is 0 Å². The zero-order valence-electron chi connectivity index (χ0n) is 40.7. The quantitative estimate of drug-likeness (QED) is 0.0625. The van der Waals surface area contributed by atoms with E-state index < -0.39 is 0 Å². The number of aryl methyl sites for hydroxylation is 2. The van der Waals surface area contributed by atoms with Crippen LogP contribution in [0.4, 0.5) is 47.3 Å². The molecule has 0 saturated carbocycles. The maximum atomic E-state index is 15.8. The number of anilines is 6. The molecule has 5 heteroatoms. The van der Waals surface area contributed by atoms with Gasteiger partial charge in [-0.2, -0.15) is 0 Å². The molecule has 0 N–H and O–H groups in total. The summed E-state index contributed by atoms with van der Waals surface area (Å²) in [6, 6.07) is 65.2. The van der Waals surface area contributed by atoms with Crippen LogP contribution in [0.5, 0.6) is 0 Å². The van der Waals surface area contributed by atoms with E-state index in [0.717, 1.165) is 79.1 Å². The molecular formula is C66H59F3N2. The zero-order chi connectivity index (χ0) is 48.7. The van der Waals surface area contributed by atoms with Crippen LogP contribution in [-0.4, -0.2) is 0 Å². The number of rotatable bonds is 18. The Hall–Kier alpha value is -7.63. The fourth-order valence-electron chi connectivity index (χ4n) is 10.2. The molecule has 0 amide bonds. The maximum absolute atomic E-state index is 15.8. The van der Waals surface area contributed by atoms with Crippen LogP contribution < -0.4 is 9.80 Å². The molecule has 0 unspecified atom stereocenters. The van der Waals surface area contributed by atoms with Crippen molar-refractivity contribution < 1.29 is 13.2 Å². The summed E-state index contributed by atoms with van der Waals surface area (Å²) in [5, 5.41) is 5.23. The third kappa shape index (κ3) is 10.3. The predicted molar refractivity (Wildman–Crippen MR) is 295 cm³/mol. The van der Waals surface area contributed by atoms with E-state index in [1.165, 1.54) is 86.8 Å². The van der Waals surface area contributed by atoms with Gasteiger partial charge >= 0.3 is 0 Å². The summed E-state index contributed by atoms with van der Waals surface area (Å²) in [7, 11) is 0. The number of hydrogen-bond acceptors (Lipinski definition) is 2. The topological polar surface area (TPSA) is 6.48 Å². The van der Waals surface area contributed by atoms with Crippen molar-refractivity contribution in [1.82, 2.24) is 0 Å². The molecule has 0 saturated heterocycles. The van der Waals surface area contributed by atoms with E-state index in [1.54, 1.807) is 24.3 Å². The van der Waals surface area contributed by atoms with Gasteiger partial charge in [0.25, 0.3) is 0 Å². The number of halogens is 3. The summed E-state index contributed by atoms with van der Waals surface area (Å²) in [5.41, 5.74) is 11.6. The second kappa shape index (κ2) is 21.6. The minimum atomic E-state index is -0.384. The fraction of sp³-hybridized carbons (Fsp3) is 0.182. The van der Waals surface area contributed by atoms with E-state index in [2.05, 4.69) is 140 Å². The Kier molecular flexibility index (Phi) is 14.3. The van der Waals surface area contributed by atoms with Gasteiger partial charge in [0.1, 0.15) is 17.5 Å². The standard InChI is InChI=1S/C66H59F3N2/c1-3-5-7-9-15-46-23-27-48(28-24-46)50-31-36-55(37-32-50)70(57-19-13-17-52(67)41-57)65-44-63-60-40-35-54(69)43-64(60)66(45-62(63)59-21-11-12-22-61(59)65)71(58-20-14-18-53(68)42-58)56-38-33-51(34-39-56)49-29-25-47(26-30-49)16-10-8-6-4-2/h11-14,17-45H,3-10,15-16H2,1-2H3. The Bertz CT molecular complexity index is 3420. The Morgan fingerprint density at radius 1 is 0.296 bits per heavy atom. The lowest BCUT2D eigenvalue weighted by Gasteiger charge is -2.30. The van der Waals surface area contributed by atoms with Gasteiger partial charge in [-0.1, -0.05) is 168 Å². The molecule has 2 nitrogen and oxygen atoms in total. The van der Waals surface area contributed by atoms with Gasteiger partial charge in [0, 0.05) is 33.5 Å². The van der Waals surface area contributed by atoms with Crippen molar-refractivity contribution in [2.45, 2.75) is 78.1 Å². The highest BCUT2D eigenvalue weighted by Crippen LogP contribution is 2.48. The molecule has 0 aliphatic carbocycles. The van der Waals surface area contributed by atoms with Gasteiger partial charge in [-0.25, -0.2) is 13.2 Å². The molecule has 0 fully saturated rings. The first kappa shape index (κ1) is 47.1. The second-order valence-corrected chi connectivity index (χ2v) is 18.9. The molecule has 10 aromatic carbocycles. The first-order chi connectivity index (χ1) is 34.8. The van der Waals surface area contributed by atoms with Crippen molar-refractivity contribution in [3.05, 3.63) is 229 Å². The van der Waals surface area contributed by atoms with Crippen LogP contribution in [0.3, 0.4) is 0 Å². The first-order valence-corrected chi connectivity index (χ1v) is 25.4. The Labute approximate surface area is 416 Å². The third-order valence-corrected chi connectivity index (χ3v) is 14.0. The van der Waals surface area contributed by atoms with Crippen LogP contribution >= 0.6 is 0 Å². The highest BCUT2D eigenvalue weighted by atomic mass is 19.1. The predicted octanol–water partition coefficient (Wildman–Crippen LogP) is 20.1. The van der Waals surface area contributed by atoms with E-state index in [1.807, 2.05) is 35.2 Å². The number of fused-ring (bicyclic) bond motifs is 5. The summed E-state index contributed by atoms with van der Waals surface area (Å²) >= 11 is 0. The largest absolute Gasteiger partial charge is 0.310 e. The van der Waals surface area contributed by atoms with Crippen molar-refractivity contribution in [3.63, 3.8) is 0 Å². The fourth-order valence-corrected chi connectivity index (χ4v) is 10.2. The maximum Gasteiger partial charge on any atom is 0.125 e. The van der Waals surface area contributed by atoms with Crippen molar-refractivity contribution in [1.29, 1.82) is 0 Å². The van der Waals surface area contributed by atoms with Gasteiger partial charge in [-0.15, -0.1) is 0 Å². The molecule has 0 atom stereocenters. The molecule has 71 heavy (non-hydrogen) atoms. The SMILES string of the molecule is CCCCCCc1ccc(-c2ccc(N(c3cccc(F)c3)c3cc4c5ccc(F)cc5c(N(c5ccc(-c6ccc(CCCCCC)cc6)cc5)c5cccc(F)c5)cc4c4ccccc34)cc2)cc1. The third-order valence-electron chi connectivity index (χ3n) is 14.0. The Morgan fingerprint density at radius 2 is 0.704 bits per heavy atom. The van der Waals surface area contributed by atoms with Crippen LogP contribution in [0, 0.1) is 17.5 Å². The van der Waals surface area contributed by atoms with Crippen LogP contribution in [0.1, 0.15) is 76.3 Å². The number of hydrogen-bond donors (Lipinski definition) is 0. The van der Waals surface area contributed by atoms with Gasteiger partial charge < -0.3 is 9.80 Å². The van der Waals surface area contributed by atoms with Gasteiger partial charge in [0.05, 0.1) is 11.4 Å². The summed E-state index contributed by atoms with van der Waals surface area (Å²) in [5.74, 6) is -1.10. The van der Waals surface area contributed by atoms with Gasteiger partial charge in [-0.05, 0) is 166 Å². The molecule has 0 heterocycles. The smallest absolute Gasteiger partial charge is 0.125 e. The van der Waals surface area contributed by atoms with E-state index in [0.29, 0.717) is 22.4 Å². The molecular weight excluding hydrogens is 878 g/mol. The van der Waals surface area contributed by atoms with E-state index in [9.17, 15) is 0 Å². The average Bonchev–Trinajstić information content (AvgIpc) is 3.40. The highest BCUT2D eigenvalue weighted by Gasteiger charge is 2.23. The molecule has 0 aliphatic rings. The van der Waals surface area contributed by atoms with Crippen LogP contribution in [-0.2, 0) is 12.8 Å². The monoisotopic (exact) mass is 936 g/mol. The summed E-state index contributed by atoms with van der Waals surface area (Å²) in [4.78, 5) is 4.14. The van der Waals surface area contributed by atoms with Crippen LogP contribution in [0.25, 0.3) is 54.6 Å². The van der Waals surface area contributed by atoms with Gasteiger partial charge in [0.15, 0.2) is 0 Å². The van der Waals surface area contributed by atoms with Crippen molar-refractivity contribution >= 4 is 66.4 Å². The van der Waals surface area contributed by atoms with Crippen LogP contribution in [0.15, 0.2) is 200 Å². The Morgan fingerprint density at radius 3 is 1.15 bits per heavy atom. The summed E-state index contributed by atoms with van der Waals surface area (Å²) in [6.45, 7) is 4.48. The highest BCUT2D eigenvalue weighted by molar-refractivity contribution is 6.24. The molecule has 0 radical (unpaired) electrons. The second-order valence-electron chi connectivity index (χ2n) is 18.9. The molecule has 0 bridgehead atoms. The van der Waals surface area contributed by atoms with E-state index in [-0.39, 0.29) is 17.5 Å². The number of benzene rings is 10. The van der Waals surface area contributed by atoms with Crippen molar-refractivity contribution in [3.8, 4) is 22.3 Å². The minimum Gasteiger partial charge on any atom is -0.310 e. The molecule has 10 rings (SSSR count). The average molecular weight is 937 g/mol. The minimum absolute atomic E-state index is 0.342. The van der Waals surface area contributed by atoms with Crippen molar-refractivity contribution in [2.24, 2.45) is 0 Å². The molecule has 0 aliphatic heterocycles. The Balaban J connectivity index is 1.09. The summed E-state index contributed by atoms with van der Waals surface area (Å²) in [6.07, 6.45) is 12.0. The van der Waals surface area contributed by atoms with Crippen molar-refractivity contribution in [2.75, 3.05) is 9.80 Å². The van der Waals surface area contributed by atoms with E-state index >= 15 is 13.2 Å². The first-order valence-electron chi connectivity index (χ1n) is 25.4. The molecule has 10 aromatic rings. The molecule has 0 spiro atoms. The number of nitrogens with zero attached hydrogens (tertiary/aromatic N) is 2. The molecule has 354 valence electrons.